The fourth-order valence-corrected chi connectivity index (χ4v) is 8.64. The second-order valence-electron chi connectivity index (χ2n) is 12.3. The van der Waals surface area contributed by atoms with E-state index in [-0.39, 0.29) is 6.10 Å². The number of hydrogen-bond donors (Lipinski definition) is 2. The summed E-state index contributed by atoms with van der Waals surface area (Å²) in [5, 5.41) is 20.7. The normalized spacial score (nSPS) is 48.9. The SMILES string of the molecule is CC[C@@H](O)CC[C@@H](C)[C@H]1CC[C@H]2[C@@H]3CC=C4C[C@@](C)(O)CC[C@]4(C)[C@H]3CC[C@]12C. The van der Waals surface area contributed by atoms with Gasteiger partial charge in [-0.05, 0) is 118 Å². The lowest BCUT2D eigenvalue weighted by Gasteiger charge is -2.59. The van der Waals surface area contributed by atoms with E-state index in [2.05, 4.69) is 33.8 Å². The van der Waals surface area contributed by atoms with Crippen LogP contribution in [-0.4, -0.2) is 21.9 Å². The van der Waals surface area contributed by atoms with E-state index in [0.29, 0.717) is 10.8 Å². The van der Waals surface area contributed by atoms with Crippen LogP contribution in [-0.2, 0) is 0 Å². The highest BCUT2D eigenvalue weighted by molar-refractivity contribution is 5.26. The third kappa shape index (κ3) is 3.65. The predicted molar refractivity (Wildman–Crippen MR) is 121 cm³/mol. The van der Waals surface area contributed by atoms with Crippen molar-refractivity contribution in [3.63, 3.8) is 0 Å². The zero-order chi connectivity index (χ0) is 21.0. The van der Waals surface area contributed by atoms with Crippen molar-refractivity contribution in [2.45, 2.75) is 117 Å². The topological polar surface area (TPSA) is 40.5 Å². The molecular weight excluding hydrogens is 356 g/mol. The second kappa shape index (κ2) is 7.66. The van der Waals surface area contributed by atoms with Gasteiger partial charge in [0.15, 0.2) is 0 Å². The molecular formula is C27H46O2. The maximum Gasteiger partial charge on any atom is 0.0657 e. The van der Waals surface area contributed by atoms with Crippen molar-refractivity contribution in [1.82, 2.24) is 0 Å². The Hall–Kier alpha value is -0.340. The quantitative estimate of drug-likeness (QED) is 0.515. The first-order chi connectivity index (χ1) is 13.6. The first kappa shape index (κ1) is 21.9. The molecule has 0 spiro atoms. The molecule has 2 nitrogen and oxygen atoms in total. The Bertz CT molecular complexity index is 636. The van der Waals surface area contributed by atoms with Gasteiger partial charge < -0.3 is 10.2 Å². The molecule has 3 saturated carbocycles. The van der Waals surface area contributed by atoms with Crippen molar-refractivity contribution in [1.29, 1.82) is 0 Å². The van der Waals surface area contributed by atoms with Gasteiger partial charge in [0, 0.05) is 0 Å². The van der Waals surface area contributed by atoms with Gasteiger partial charge in [0.25, 0.3) is 0 Å². The minimum absolute atomic E-state index is 0.108. The molecule has 4 aliphatic rings. The second-order valence-corrected chi connectivity index (χ2v) is 12.3. The smallest absolute Gasteiger partial charge is 0.0657 e. The summed E-state index contributed by atoms with van der Waals surface area (Å²) in [6.07, 6.45) is 15.4. The first-order valence-corrected chi connectivity index (χ1v) is 12.7. The van der Waals surface area contributed by atoms with Gasteiger partial charge in [0.1, 0.15) is 0 Å². The van der Waals surface area contributed by atoms with E-state index in [1.54, 1.807) is 5.57 Å². The van der Waals surface area contributed by atoms with Crippen molar-refractivity contribution >= 4 is 0 Å². The molecule has 166 valence electrons. The van der Waals surface area contributed by atoms with E-state index in [1.165, 1.54) is 44.9 Å². The molecule has 0 aromatic carbocycles. The average molecular weight is 403 g/mol. The molecule has 3 fully saturated rings. The lowest BCUT2D eigenvalue weighted by Crippen LogP contribution is -2.52. The van der Waals surface area contributed by atoms with Crippen LogP contribution in [0.15, 0.2) is 11.6 Å². The molecule has 0 aromatic rings. The molecule has 0 unspecified atom stereocenters. The average Bonchev–Trinajstić information content (AvgIpc) is 3.03. The van der Waals surface area contributed by atoms with Crippen LogP contribution in [0.1, 0.15) is 105 Å². The fourth-order valence-electron chi connectivity index (χ4n) is 8.64. The maximum absolute atomic E-state index is 10.7. The van der Waals surface area contributed by atoms with Crippen molar-refractivity contribution < 1.29 is 10.2 Å². The Labute approximate surface area is 179 Å². The summed E-state index contributed by atoms with van der Waals surface area (Å²) in [5.41, 5.74) is 1.93. The molecule has 2 N–H and O–H groups in total. The van der Waals surface area contributed by atoms with Crippen LogP contribution in [0.5, 0.6) is 0 Å². The lowest BCUT2D eigenvalue weighted by atomic mass is 9.46. The molecule has 9 atom stereocenters. The zero-order valence-corrected chi connectivity index (χ0v) is 19.7. The monoisotopic (exact) mass is 402 g/mol. The van der Waals surface area contributed by atoms with Gasteiger partial charge >= 0.3 is 0 Å². The predicted octanol–water partition coefficient (Wildman–Crippen LogP) is 6.50. The Kier molecular flexibility index (Phi) is 5.78. The van der Waals surface area contributed by atoms with Crippen LogP contribution in [0.25, 0.3) is 0 Å². The van der Waals surface area contributed by atoms with E-state index in [1.807, 2.05) is 6.92 Å². The molecule has 0 aromatic heterocycles. The van der Waals surface area contributed by atoms with Crippen molar-refractivity contribution in [2.24, 2.45) is 40.4 Å². The Morgan fingerprint density at radius 3 is 2.52 bits per heavy atom. The number of fused-ring (bicyclic) bond motifs is 5. The molecule has 4 aliphatic carbocycles. The van der Waals surface area contributed by atoms with E-state index >= 15 is 0 Å². The van der Waals surface area contributed by atoms with Crippen LogP contribution in [0.3, 0.4) is 0 Å². The van der Waals surface area contributed by atoms with E-state index in [0.717, 1.165) is 55.3 Å². The molecule has 2 heteroatoms. The van der Waals surface area contributed by atoms with Gasteiger partial charge in [-0.15, -0.1) is 0 Å². The highest BCUT2D eigenvalue weighted by Gasteiger charge is 2.59. The largest absolute Gasteiger partial charge is 0.393 e. The number of aliphatic hydroxyl groups excluding tert-OH is 1. The van der Waals surface area contributed by atoms with Crippen molar-refractivity contribution in [3.05, 3.63) is 11.6 Å². The summed E-state index contributed by atoms with van der Waals surface area (Å²) in [6, 6.07) is 0. The Morgan fingerprint density at radius 2 is 1.79 bits per heavy atom. The lowest BCUT2D eigenvalue weighted by molar-refractivity contribution is -0.0708. The van der Waals surface area contributed by atoms with Gasteiger partial charge in [-0.1, -0.05) is 39.3 Å². The van der Waals surface area contributed by atoms with Gasteiger partial charge in [-0.2, -0.15) is 0 Å². The summed E-state index contributed by atoms with van der Waals surface area (Å²) >= 11 is 0. The van der Waals surface area contributed by atoms with Crippen LogP contribution in [0.2, 0.25) is 0 Å². The number of aliphatic hydroxyl groups is 2. The minimum atomic E-state index is -0.488. The third-order valence-electron chi connectivity index (χ3n) is 10.6. The van der Waals surface area contributed by atoms with Crippen molar-refractivity contribution in [3.8, 4) is 0 Å². The number of rotatable bonds is 5. The minimum Gasteiger partial charge on any atom is -0.393 e. The summed E-state index contributed by atoms with van der Waals surface area (Å²) < 4.78 is 0. The third-order valence-corrected chi connectivity index (χ3v) is 10.6. The van der Waals surface area contributed by atoms with Gasteiger partial charge in [0.2, 0.25) is 0 Å². The van der Waals surface area contributed by atoms with Gasteiger partial charge in [-0.25, -0.2) is 0 Å². The molecule has 29 heavy (non-hydrogen) atoms. The summed E-state index contributed by atoms with van der Waals surface area (Å²) in [6.45, 7) is 11.8. The highest BCUT2D eigenvalue weighted by atomic mass is 16.3. The summed E-state index contributed by atoms with van der Waals surface area (Å²) in [5.74, 6) is 4.12. The van der Waals surface area contributed by atoms with E-state index in [4.69, 9.17) is 0 Å². The molecule has 0 bridgehead atoms. The standard InChI is InChI=1S/C27H46O2/c1-6-20(28)9-7-18(2)22-11-12-23-21-10-8-19-17-25(3,29)15-16-26(19,4)24(21)13-14-27(22,23)5/h8,18,20-24,28-29H,6-7,9-17H2,1-5H3/t18-,20-,21+,22-,23+,24+,25+,26+,27-/m1/s1. The van der Waals surface area contributed by atoms with E-state index in [9.17, 15) is 10.2 Å². The van der Waals surface area contributed by atoms with Crippen LogP contribution in [0, 0.1) is 40.4 Å². The van der Waals surface area contributed by atoms with Gasteiger partial charge in [0.05, 0.1) is 11.7 Å². The van der Waals surface area contributed by atoms with Crippen LogP contribution in [0.4, 0.5) is 0 Å². The molecule has 0 saturated heterocycles. The molecule has 0 radical (unpaired) electrons. The fraction of sp³-hybridized carbons (Fsp3) is 0.926. The number of hydrogen-bond acceptors (Lipinski definition) is 2. The Balaban J connectivity index is 1.51. The summed E-state index contributed by atoms with van der Waals surface area (Å²) in [7, 11) is 0. The van der Waals surface area contributed by atoms with Gasteiger partial charge in [-0.3, -0.25) is 0 Å². The molecule has 0 amide bonds. The summed E-state index contributed by atoms with van der Waals surface area (Å²) in [4.78, 5) is 0. The first-order valence-electron chi connectivity index (χ1n) is 12.7. The molecule has 0 aliphatic heterocycles. The molecule has 4 rings (SSSR count). The zero-order valence-electron chi connectivity index (χ0n) is 19.7. The van der Waals surface area contributed by atoms with Crippen molar-refractivity contribution in [2.75, 3.05) is 0 Å². The highest BCUT2D eigenvalue weighted by Crippen LogP contribution is 2.67. The molecule has 0 heterocycles. The van der Waals surface area contributed by atoms with E-state index < -0.39 is 5.60 Å². The number of allylic oxidation sites excluding steroid dienone is 1. The maximum atomic E-state index is 10.7. The Morgan fingerprint density at radius 1 is 1.03 bits per heavy atom. The van der Waals surface area contributed by atoms with Crippen LogP contribution < -0.4 is 0 Å². The van der Waals surface area contributed by atoms with Crippen LogP contribution >= 0.6 is 0 Å².